The summed E-state index contributed by atoms with van der Waals surface area (Å²) >= 11 is 5.97. The maximum absolute atomic E-state index is 12.6. The Morgan fingerprint density at radius 3 is 2.42 bits per heavy atom. The van der Waals surface area contributed by atoms with Crippen LogP contribution in [0.4, 0.5) is 18.9 Å². The number of hydrogen-bond acceptors (Lipinski definition) is 5. The van der Waals surface area contributed by atoms with Crippen molar-refractivity contribution < 1.29 is 23.1 Å². The number of nitrogens with zero attached hydrogens (tertiary/aromatic N) is 3. The van der Waals surface area contributed by atoms with Crippen molar-refractivity contribution in [2.45, 2.75) is 26.1 Å². The first-order valence-corrected chi connectivity index (χ1v) is 7.71. The van der Waals surface area contributed by atoms with Crippen LogP contribution in [0.5, 0.6) is 0 Å². The molecule has 11 heteroatoms. The van der Waals surface area contributed by atoms with Gasteiger partial charge in [0.05, 0.1) is 17.4 Å². The molecule has 7 nitrogen and oxygen atoms in total. The minimum Gasteiger partial charge on any atom is -0.480 e. The molecule has 0 aliphatic heterocycles. The van der Waals surface area contributed by atoms with Gasteiger partial charge in [-0.2, -0.15) is 23.0 Å². The van der Waals surface area contributed by atoms with E-state index in [1.165, 1.54) is 0 Å². The second-order valence-electron chi connectivity index (χ2n) is 5.70. The van der Waals surface area contributed by atoms with E-state index in [-0.39, 0.29) is 22.4 Å². The van der Waals surface area contributed by atoms with Crippen molar-refractivity contribution in [3.63, 3.8) is 0 Å². The van der Waals surface area contributed by atoms with Gasteiger partial charge >= 0.3 is 12.1 Å². The quantitative estimate of drug-likeness (QED) is 0.814. The molecule has 0 saturated heterocycles. The normalized spacial score (nSPS) is 12.9. The van der Waals surface area contributed by atoms with E-state index < -0.39 is 29.3 Å². The number of carboxylic acid groups (broad SMARTS) is 1. The van der Waals surface area contributed by atoms with Gasteiger partial charge in [0.2, 0.25) is 0 Å². The van der Waals surface area contributed by atoms with Crippen molar-refractivity contribution in [1.29, 1.82) is 0 Å². The van der Waals surface area contributed by atoms with Crippen LogP contribution in [0.25, 0.3) is 5.82 Å². The van der Waals surface area contributed by atoms with Crippen molar-refractivity contribution in [2.75, 3.05) is 5.32 Å². The van der Waals surface area contributed by atoms with Crippen LogP contribution in [0.3, 0.4) is 0 Å². The number of aliphatic carboxylic acids is 1. The van der Waals surface area contributed by atoms with E-state index in [0.717, 1.165) is 23.0 Å². The molecule has 2 aromatic heterocycles. The summed E-state index contributed by atoms with van der Waals surface area (Å²) in [6, 6.07) is 0.735. The van der Waals surface area contributed by atoms with Crippen LogP contribution in [0.1, 0.15) is 19.4 Å². The molecule has 0 aliphatic rings. The molecule has 2 N–H and O–H groups in total. The molecule has 0 amide bonds. The van der Waals surface area contributed by atoms with Crippen molar-refractivity contribution in [2.24, 2.45) is 5.92 Å². The fourth-order valence-electron chi connectivity index (χ4n) is 2.06. The molecule has 2 aromatic rings. The minimum atomic E-state index is -4.56. The Labute approximate surface area is 150 Å². The number of anilines is 1. The van der Waals surface area contributed by atoms with Crippen molar-refractivity contribution in [1.82, 2.24) is 14.8 Å². The fraction of sp³-hybridized carbons (Fsp3) is 0.333. The van der Waals surface area contributed by atoms with E-state index in [1.807, 2.05) is 0 Å². The molecule has 0 saturated carbocycles. The first-order chi connectivity index (χ1) is 12.0. The van der Waals surface area contributed by atoms with E-state index in [1.54, 1.807) is 13.8 Å². The highest BCUT2D eigenvalue weighted by atomic mass is 35.5. The van der Waals surface area contributed by atoms with Gasteiger partial charge < -0.3 is 10.4 Å². The number of pyridine rings is 1. The summed E-state index contributed by atoms with van der Waals surface area (Å²) in [5.74, 6) is -1.60. The van der Waals surface area contributed by atoms with Gasteiger partial charge in [0.25, 0.3) is 5.56 Å². The molecule has 0 aliphatic carbocycles. The summed E-state index contributed by atoms with van der Waals surface area (Å²) in [5.41, 5.74) is -1.82. The molecule has 0 bridgehead atoms. The van der Waals surface area contributed by atoms with E-state index in [0.29, 0.717) is 6.20 Å². The lowest BCUT2D eigenvalue weighted by atomic mass is 10.0. The summed E-state index contributed by atoms with van der Waals surface area (Å²) in [6.45, 7) is 3.33. The zero-order valence-corrected chi connectivity index (χ0v) is 14.3. The first-order valence-electron chi connectivity index (χ1n) is 7.33. The number of rotatable bonds is 5. The van der Waals surface area contributed by atoms with Crippen molar-refractivity contribution >= 4 is 23.3 Å². The molecule has 0 aromatic carbocycles. The van der Waals surface area contributed by atoms with Crippen LogP contribution in [0.15, 0.2) is 29.3 Å². The highest BCUT2D eigenvalue weighted by Gasteiger charge is 2.31. The summed E-state index contributed by atoms with van der Waals surface area (Å²) in [6.07, 6.45) is -2.87. The topological polar surface area (TPSA) is 97.1 Å². The molecule has 2 rings (SSSR count). The molecular formula is C15H14ClF3N4O3. The van der Waals surface area contributed by atoms with Crippen molar-refractivity contribution in [3.05, 3.63) is 45.5 Å². The van der Waals surface area contributed by atoms with Crippen LogP contribution >= 0.6 is 11.6 Å². The van der Waals surface area contributed by atoms with Gasteiger partial charge in [0, 0.05) is 6.20 Å². The largest absolute Gasteiger partial charge is 0.480 e. The summed E-state index contributed by atoms with van der Waals surface area (Å²) in [5, 5.41) is 15.2. The Morgan fingerprint density at radius 2 is 1.96 bits per heavy atom. The number of hydrogen-bond donors (Lipinski definition) is 2. The number of nitrogens with one attached hydrogen (secondary N) is 1. The van der Waals surface area contributed by atoms with E-state index in [9.17, 15) is 27.9 Å². The summed E-state index contributed by atoms with van der Waals surface area (Å²) in [4.78, 5) is 27.1. The fourth-order valence-corrected chi connectivity index (χ4v) is 2.24. The number of carboxylic acids is 1. The summed E-state index contributed by atoms with van der Waals surface area (Å²) in [7, 11) is 0. The molecule has 0 unspecified atom stereocenters. The van der Waals surface area contributed by atoms with Crippen LogP contribution in [0.2, 0.25) is 5.02 Å². The molecule has 140 valence electrons. The lowest BCUT2D eigenvalue weighted by Gasteiger charge is -2.19. The lowest BCUT2D eigenvalue weighted by Crippen LogP contribution is -2.35. The number of halogens is 4. The Balaban J connectivity index is 2.38. The second-order valence-corrected chi connectivity index (χ2v) is 6.07. The maximum atomic E-state index is 12.6. The first kappa shape index (κ1) is 19.7. The molecule has 1 atom stereocenters. The van der Waals surface area contributed by atoms with E-state index >= 15 is 0 Å². The van der Waals surface area contributed by atoms with Gasteiger partial charge in [0.15, 0.2) is 5.82 Å². The van der Waals surface area contributed by atoms with Gasteiger partial charge in [-0.05, 0) is 18.1 Å². The summed E-state index contributed by atoms with van der Waals surface area (Å²) < 4.78 is 38.4. The third kappa shape index (κ3) is 4.13. The molecule has 0 fully saturated rings. The average molecular weight is 391 g/mol. The van der Waals surface area contributed by atoms with Gasteiger partial charge in [-0.15, -0.1) is 0 Å². The van der Waals surface area contributed by atoms with Crippen LogP contribution in [0, 0.1) is 5.92 Å². The molecule has 0 spiro atoms. The van der Waals surface area contributed by atoms with Gasteiger partial charge in [0.1, 0.15) is 11.1 Å². The Hall–Kier alpha value is -2.62. The second kappa shape index (κ2) is 7.32. The predicted molar refractivity (Wildman–Crippen MR) is 87.5 cm³/mol. The third-order valence-corrected chi connectivity index (χ3v) is 3.82. The molecule has 2 heterocycles. The Bertz CT molecular complexity index is 866. The zero-order valence-electron chi connectivity index (χ0n) is 13.6. The molecular weight excluding hydrogens is 377 g/mol. The zero-order chi connectivity index (χ0) is 19.6. The monoisotopic (exact) mass is 390 g/mol. The van der Waals surface area contributed by atoms with E-state index in [2.05, 4.69) is 15.4 Å². The highest BCUT2D eigenvalue weighted by Crippen LogP contribution is 2.28. The van der Waals surface area contributed by atoms with Crippen LogP contribution in [-0.4, -0.2) is 31.9 Å². The third-order valence-electron chi connectivity index (χ3n) is 3.45. The Morgan fingerprint density at radius 1 is 1.31 bits per heavy atom. The minimum absolute atomic E-state index is 0.000860. The predicted octanol–water partition coefficient (Wildman–Crippen LogP) is 2.82. The van der Waals surface area contributed by atoms with Gasteiger partial charge in [-0.3, -0.25) is 4.79 Å². The number of alkyl halides is 3. The maximum Gasteiger partial charge on any atom is 0.417 e. The van der Waals surface area contributed by atoms with E-state index in [4.69, 9.17) is 11.6 Å². The molecule has 26 heavy (non-hydrogen) atoms. The average Bonchev–Trinajstić information content (AvgIpc) is 2.55. The van der Waals surface area contributed by atoms with Gasteiger partial charge in [-0.25, -0.2) is 9.78 Å². The van der Waals surface area contributed by atoms with Crippen molar-refractivity contribution in [3.8, 4) is 5.82 Å². The number of aromatic nitrogens is 3. The highest BCUT2D eigenvalue weighted by molar-refractivity contribution is 6.33. The standard InChI is InChI=1S/C15H14ClF3N4O3/c1-7(2)12(14(25)26)22-9-6-21-23(13(24)11(9)16)10-4-3-8(5-20-10)15(17,18)19/h3-7,12,22H,1-2H3,(H,25,26)/t12-/m1/s1. The van der Waals surface area contributed by atoms with Crippen LogP contribution in [-0.2, 0) is 11.0 Å². The van der Waals surface area contributed by atoms with Crippen LogP contribution < -0.4 is 10.9 Å². The lowest BCUT2D eigenvalue weighted by molar-refractivity contribution is -0.139. The van der Waals surface area contributed by atoms with Gasteiger partial charge in [-0.1, -0.05) is 25.4 Å². The smallest absolute Gasteiger partial charge is 0.417 e. The SMILES string of the molecule is CC(C)[C@@H](Nc1cnn(-c2ccc(C(F)(F)F)cn2)c(=O)c1Cl)C(=O)O. The number of carbonyl (C=O) groups is 1. The Kier molecular flexibility index (Phi) is 5.55. The molecule has 0 radical (unpaired) electrons.